The Balaban J connectivity index is 1.69. The van der Waals surface area contributed by atoms with E-state index in [1.165, 1.54) is 16.2 Å². The lowest BCUT2D eigenvalue weighted by Gasteiger charge is -2.38. The lowest BCUT2D eigenvalue weighted by Crippen LogP contribution is -2.40. The average molecular weight is 330 g/mol. The summed E-state index contributed by atoms with van der Waals surface area (Å²) in [5.41, 5.74) is 2.45. The monoisotopic (exact) mass is 330 g/mol. The van der Waals surface area contributed by atoms with E-state index in [2.05, 4.69) is 53.0 Å². The summed E-state index contributed by atoms with van der Waals surface area (Å²) in [5, 5.41) is 9.22. The van der Waals surface area contributed by atoms with Gasteiger partial charge in [-0.25, -0.2) is 0 Å². The Morgan fingerprint density at radius 3 is 3.05 bits per heavy atom. The first-order valence-corrected chi connectivity index (χ1v) is 9.78. The van der Waals surface area contributed by atoms with E-state index >= 15 is 0 Å². The molecule has 0 saturated heterocycles. The van der Waals surface area contributed by atoms with Gasteiger partial charge in [0.15, 0.2) is 6.23 Å². The van der Waals surface area contributed by atoms with Crippen molar-refractivity contribution >= 4 is 28.8 Å². The molecule has 2 atom stereocenters. The lowest BCUT2D eigenvalue weighted by atomic mass is 9.98. The van der Waals surface area contributed by atoms with Gasteiger partial charge in [-0.05, 0) is 29.5 Å². The minimum atomic E-state index is 0.0461. The zero-order valence-electron chi connectivity index (χ0n) is 12.4. The fourth-order valence-corrected chi connectivity index (χ4v) is 4.27. The third kappa shape index (κ3) is 2.42. The third-order valence-corrected chi connectivity index (χ3v) is 5.72. The van der Waals surface area contributed by atoms with Gasteiger partial charge in [0.1, 0.15) is 5.75 Å². The number of benzene rings is 1. The quantitative estimate of drug-likeness (QED) is 0.832. The number of fused-ring (bicyclic) bond motifs is 3. The van der Waals surface area contributed by atoms with Crippen LogP contribution in [0.5, 0.6) is 5.75 Å². The van der Waals surface area contributed by atoms with Crippen molar-refractivity contribution in [1.82, 2.24) is 5.01 Å². The number of hydrogen-bond acceptors (Lipinski definition) is 5. The highest BCUT2D eigenvalue weighted by atomic mass is 32.2. The Morgan fingerprint density at radius 2 is 2.23 bits per heavy atom. The molecule has 0 spiro atoms. The molecule has 114 valence electrons. The number of nitrogens with zero attached hydrogens (tertiary/aromatic N) is 2. The SMILES string of the molecule is CSCC[C@H]1Oc2ccccc2[C@@H]2CC(c3cccs3)=NN12. The van der Waals surface area contributed by atoms with Crippen molar-refractivity contribution in [2.75, 3.05) is 12.0 Å². The van der Waals surface area contributed by atoms with Crippen LogP contribution in [0.4, 0.5) is 0 Å². The third-order valence-electron chi connectivity index (χ3n) is 4.15. The normalized spacial score (nSPS) is 22.8. The van der Waals surface area contributed by atoms with Crippen molar-refractivity contribution in [2.24, 2.45) is 5.10 Å². The summed E-state index contributed by atoms with van der Waals surface area (Å²) in [4.78, 5) is 1.27. The smallest absolute Gasteiger partial charge is 0.188 e. The summed E-state index contributed by atoms with van der Waals surface area (Å²) >= 11 is 3.62. The average Bonchev–Trinajstić information content (AvgIpc) is 3.21. The van der Waals surface area contributed by atoms with Gasteiger partial charge >= 0.3 is 0 Å². The summed E-state index contributed by atoms with van der Waals surface area (Å²) in [6.07, 6.45) is 4.15. The molecule has 0 aliphatic carbocycles. The summed E-state index contributed by atoms with van der Waals surface area (Å²) in [7, 11) is 0. The van der Waals surface area contributed by atoms with Crippen LogP contribution < -0.4 is 4.74 Å². The van der Waals surface area contributed by atoms with Gasteiger partial charge in [-0.1, -0.05) is 24.3 Å². The molecule has 2 aliphatic heterocycles. The Bertz CT molecular complexity index is 684. The first-order valence-electron chi connectivity index (χ1n) is 7.51. The van der Waals surface area contributed by atoms with Crippen LogP contribution in [-0.4, -0.2) is 29.0 Å². The van der Waals surface area contributed by atoms with Crippen LogP contribution in [0.3, 0.4) is 0 Å². The van der Waals surface area contributed by atoms with E-state index in [0.717, 1.165) is 24.3 Å². The van der Waals surface area contributed by atoms with Crippen molar-refractivity contribution in [3.63, 3.8) is 0 Å². The molecule has 1 aromatic heterocycles. The van der Waals surface area contributed by atoms with Crippen molar-refractivity contribution < 1.29 is 4.74 Å². The van der Waals surface area contributed by atoms with Gasteiger partial charge < -0.3 is 4.74 Å². The lowest BCUT2D eigenvalue weighted by molar-refractivity contribution is -0.0180. The van der Waals surface area contributed by atoms with Crippen molar-refractivity contribution in [1.29, 1.82) is 0 Å². The predicted molar refractivity (Wildman–Crippen MR) is 93.9 cm³/mol. The van der Waals surface area contributed by atoms with E-state index in [9.17, 15) is 0 Å². The minimum absolute atomic E-state index is 0.0461. The standard InChI is InChI=1S/C17H18N2OS2/c1-21-10-8-17-19-14(12-5-2-3-6-15(12)20-17)11-13(18-19)16-7-4-9-22-16/h2-7,9,14,17H,8,10-11H2,1H3/t14-,17+/m0/s1. The first-order chi connectivity index (χ1) is 10.9. The number of hydrazone groups is 1. The van der Waals surface area contributed by atoms with Crippen LogP contribution in [-0.2, 0) is 0 Å². The van der Waals surface area contributed by atoms with E-state index in [1.54, 1.807) is 11.3 Å². The van der Waals surface area contributed by atoms with Crippen LogP contribution in [0.2, 0.25) is 0 Å². The molecule has 0 saturated carbocycles. The van der Waals surface area contributed by atoms with E-state index in [-0.39, 0.29) is 6.23 Å². The second kappa shape index (κ2) is 5.97. The molecule has 0 bridgehead atoms. The molecule has 0 amide bonds. The maximum atomic E-state index is 6.22. The highest BCUT2D eigenvalue weighted by Crippen LogP contribution is 2.43. The molecular weight excluding hydrogens is 312 g/mol. The minimum Gasteiger partial charge on any atom is -0.469 e. The Hall–Kier alpha value is -1.46. The molecule has 0 fully saturated rings. The highest BCUT2D eigenvalue weighted by molar-refractivity contribution is 7.98. The number of hydrogen-bond donors (Lipinski definition) is 0. The second-order valence-electron chi connectivity index (χ2n) is 5.52. The summed E-state index contributed by atoms with van der Waals surface area (Å²) in [6, 6.07) is 13.0. The van der Waals surface area contributed by atoms with Crippen LogP contribution >= 0.6 is 23.1 Å². The van der Waals surface area contributed by atoms with Crippen LogP contribution in [0.1, 0.15) is 29.3 Å². The number of rotatable bonds is 4. The topological polar surface area (TPSA) is 24.8 Å². The largest absolute Gasteiger partial charge is 0.469 e. The fraction of sp³-hybridized carbons (Fsp3) is 0.353. The van der Waals surface area contributed by atoms with Crippen molar-refractivity contribution in [3.8, 4) is 5.75 Å². The summed E-state index contributed by atoms with van der Waals surface area (Å²) < 4.78 is 6.22. The van der Waals surface area contributed by atoms with E-state index in [1.807, 2.05) is 11.8 Å². The van der Waals surface area contributed by atoms with Crippen LogP contribution in [0.15, 0.2) is 46.9 Å². The molecule has 3 nitrogen and oxygen atoms in total. The van der Waals surface area contributed by atoms with Gasteiger partial charge in [0.2, 0.25) is 0 Å². The molecule has 5 heteroatoms. The first kappa shape index (κ1) is 14.2. The van der Waals surface area contributed by atoms with Crippen LogP contribution in [0, 0.1) is 0 Å². The molecule has 2 aliphatic rings. The van der Waals surface area contributed by atoms with Gasteiger partial charge in [-0.15, -0.1) is 11.3 Å². The maximum absolute atomic E-state index is 6.22. The predicted octanol–water partition coefficient (Wildman–Crippen LogP) is 4.37. The molecular formula is C17H18N2OS2. The van der Waals surface area contributed by atoms with Gasteiger partial charge in [0.05, 0.1) is 16.6 Å². The molecule has 0 N–H and O–H groups in total. The zero-order valence-corrected chi connectivity index (χ0v) is 14.1. The summed E-state index contributed by atoms with van der Waals surface area (Å²) in [6.45, 7) is 0. The fourth-order valence-electron chi connectivity index (χ4n) is 3.11. The second-order valence-corrected chi connectivity index (χ2v) is 7.45. The Kier molecular flexibility index (Phi) is 3.84. The van der Waals surface area contributed by atoms with Gasteiger partial charge in [0.25, 0.3) is 0 Å². The van der Waals surface area contributed by atoms with E-state index < -0.39 is 0 Å². The van der Waals surface area contributed by atoms with E-state index in [4.69, 9.17) is 9.84 Å². The molecule has 0 unspecified atom stereocenters. The zero-order chi connectivity index (χ0) is 14.9. The van der Waals surface area contributed by atoms with Crippen molar-refractivity contribution in [3.05, 3.63) is 52.2 Å². The van der Waals surface area contributed by atoms with E-state index in [0.29, 0.717) is 6.04 Å². The number of ether oxygens (including phenoxy) is 1. The van der Waals surface area contributed by atoms with Gasteiger partial charge in [-0.3, -0.25) is 5.01 Å². The number of para-hydroxylation sites is 1. The number of thiophene rings is 1. The highest BCUT2D eigenvalue weighted by Gasteiger charge is 2.39. The summed E-state index contributed by atoms with van der Waals surface area (Å²) in [5.74, 6) is 2.11. The molecule has 4 rings (SSSR count). The molecule has 1 aromatic carbocycles. The van der Waals surface area contributed by atoms with Crippen LogP contribution in [0.25, 0.3) is 0 Å². The van der Waals surface area contributed by atoms with Crippen molar-refractivity contribution in [2.45, 2.75) is 25.1 Å². The molecule has 2 aromatic rings. The molecule has 0 radical (unpaired) electrons. The molecule has 3 heterocycles. The Labute approximate surface area is 139 Å². The Morgan fingerprint density at radius 1 is 1.32 bits per heavy atom. The number of thioether (sulfide) groups is 1. The molecule has 22 heavy (non-hydrogen) atoms. The maximum Gasteiger partial charge on any atom is 0.188 e. The van der Waals surface area contributed by atoms with Gasteiger partial charge in [0, 0.05) is 18.4 Å². The van der Waals surface area contributed by atoms with Gasteiger partial charge in [-0.2, -0.15) is 16.9 Å².